The first kappa shape index (κ1) is 10.6. The van der Waals surface area contributed by atoms with Crippen molar-refractivity contribution in [3.8, 4) is 0 Å². The molecule has 2 N–H and O–H groups in total. The van der Waals surface area contributed by atoms with E-state index in [0.717, 1.165) is 31.2 Å². The first-order chi connectivity index (χ1) is 7.34. The molecule has 0 amide bonds. The molecule has 1 saturated heterocycles. The zero-order valence-corrected chi connectivity index (χ0v) is 8.95. The Balaban J connectivity index is 1.65. The van der Waals surface area contributed by atoms with Crippen LogP contribution < -0.4 is 5.32 Å². The molecule has 0 saturated carbocycles. The summed E-state index contributed by atoms with van der Waals surface area (Å²) in [4.78, 5) is 7.30. The normalized spacial score (nSPS) is 21.8. The fraction of sp³-hybridized carbons (Fsp3) is 0.700. The average molecular weight is 211 g/mol. The largest absolute Gasteiger partial charge is 0.376 e. The van der Waals surface area contributed by atoms with Crippen LogP contribution in [0.5, 0.6) is 0 Å². The Morgan fingerprint density at radius 3 is 3.20 bits per heavy atom. The molecule has 1 atom stereocenters. The van der Waals surface area contributed by atoms with Gasteiger partial charge in [0.05, 0.1) is 25.9 Å². The van der Waals surface area contributed by atoms with Gasteiger partial charge in [0.1, 0.15) is 5.82 Å². The van der Waals surface area contributed by atoms with Gasteiger partial charge in [0, 0.05) is 25.0 Å². The number of rotatable bonds is 4. The smallest absolute Gasteiger partial charge is 0.103 e. The minimum Gasteiger partial charge on any atom is -0.376 e. The van der Waals surface area contributed by atoms with Crippen LogP contribution >= 0.6 is 0 Å². The van der Waals surface area contributed by atoms with Crippen molar-refractivity contribution < 1.29 is 9.47 Å². The summed E-state index contributed by atoms with van der Waals surface area (Å²) < 4.78 is 10.8. The van der Waals surface area contributed by atoms with Gasteiger partial charge in [-0.3, -0.25) is 0 Å². The van der Waals surface area contributed by atoms with E-state index in [0.29, 0.717) is 13.2 Å². The van der Waals surface area contributed by atoms with Crippen molar-refractivity contribution in [1.82, 2.24) is 15.3 Å². The topological polar surface area (TPSA) is 59.2 Å². The van der Waals surface area contributed by atoms with Crippen molar-refractivity contribution >= 4 is 0 Å². The highest BCUT2D eigenvalue weighted by molar-refractivity contribution is 4.99. The highest BCUT2D eigenvalue weighted by Crippen LogP contribution is 2.00. The molecule has 0 aromatic carbocycles. The monoisotopic (exact) mass is 211 g/mol. The molecule has 1 fully saturated rings. The number of H-pyrrole nitrogens is 1. The minimum absolute atomic E-state index is 0.183. The summed E-state index contributed by atoms with van der Waals surface area (Å²) in [7, 11) is 0. The molecule has 0 bridgehead atoms. The summed E-state index contributed by atoms with van der Waals surface area (Å²) in [6, 6.07) is 0. The van der Waals surface area contributed by atoms with E-state index in [-0.39, 0.29) is 6.10 Å². The van der Waals surface area contributed by atoms with Gasteiger partial charge in [0.2, 0.25) is 0 Å². The third-order valence-electron chi connectivity index (χ3n) is 2.33. The molecular weight excluding hydrogens is 194 g/mol. The van der Waals surface area contributed by atoms with E-state index < -0.39 is 0 Å². The summed E-state index contributed by atoms with van der Waals surface area (Å²) in [5.74, 6) is 0.948. The summed E-state index contributed by atoms with van der Waals surface area (Å²) in [6.45, 7) is 5.67. The summed E-state index contributed by atoms with van der Waals surface area (Å²) in [6.07, 6.45) is 2.03. The van der Waals surface area contributed by atoms with Crippen LogP contribution in [0.25, 0.3) is 0 Å². The van der Waals surface area contributed by atoms with Gasteiger partial charge in [0.25, 0.3) is 0 Å². The molecule has 5 heteroatoms. The highest BCUT2D eigenvalue weighted by Gasteiger charge is 2.13. The lowest BCUT2D eigenvalue weighted by Gasteiger charge is -2.22. The van der Waals surface area contributed by atoms with Crippen LogP contribution in [0.1, 0.15) is 11.5 Å². The Morgan fingerprint density at radius 2 is 2.53 bits per heavy atom. The van der Waals surface area contributed by atoms with Crippen LogP contribution in [-0.2, 0) is 16.0 Å². The molecular formula is C10H17N3O2. The molecule has 1 aliphatic heterocycles. The number of imidazole rings is 1. The molecule has 1 aliphatic rings. The SMILES string of the molecule is Cc1ncc(CNCC2COCCO2)[nH]1. The van der Waals surface area contributed by atoms with Gasteiger partial charge in [-0.15, -0.1) is 0 Å². The number of aryl methyl sites for hydroxylation is 1. The molecule has 1 unspecified atom stereocenters. The summed E-state index contributed by atoms with van der Waals surface area (Å²) >= 11 is 0. The zero-order valence-electron chi connectivity index (χ0n) is 8.95. The van der Waals surface area contributed by atoms with Crippen LogP contribution in [-0.4, -0.2) is 42.4 Å². The fourth-order valence-electron chi connectivity index (χ4n) is 1.58. The third kappa shape index (κ3) is 3.30. The van der Waals surface area contributed by atoms with E-state index in [1.54, 1.807) is 0 Å². The Bertz CT molecular complexity index is 295. The molecule has 5 nitrogen and oxygen atoms in total. The van der Waals surface area contributed by atoms with E-state index in [9.17, 15) is 0 Å². The predicted molar refractivity (Wildman–Crippen MR) is 55.6 cm³/mol. The number of nitrogens with one attached hydrogen (secondary N) is 2. The van der Waals surface area contributed by atoms with E-state index in [1.807, 2.05) is 13.1 Å². The van der Waals surface area contributed by atoms with Gasteiger partial charge in [-0.05, 0) is 6.92 Å². The van der Waals surface area contributed by atoms with Gasteiger partial charge in [0.15, 0.2) is 0 Å². The molecule has 15 heavy (non-hydrogen) atoms. The zero-order chi connectivity index (χ0) is 10.5. The fourth-order valence-corrected chi connectivity index (χ4v) is 1.58. The number of ether oxygens (including phenoxy) is 2. The summed E-state index contributed by atoms with van der Waals surface area (Å²) in [5, 5.41) is 3.31. The van der Waals surface area contributed by atoms with Crippen molar-refractivity contribution in [2.24, 2.45) is 0 Å². The number of hydrogen-bond donors (Lipinski definition) is 2. The number of aromatic nitrogens is 2. The van der Waals surface area contributed by atoms with E-state index in [2.05, 4.69) is 15.3 Å². The number of hydrogen-bond acceptors (Lipinski definition) is 4. The van der Waals surface area contributed by atoms with E-state index in [4.69, 9.17) is 9.47 Å². The van der Waals surface area contributed by atoms with E-state index in [1.165, 1.54) is 0 Å². The van der Waals surface area contributed by atoms with Gasteiger partial charge in [-0.2, -0.15) is 0 Å². The second-order valence-corrected chi connectivity index (χ2v) is 3.69. The Morgan fingerprint density at radius 1 is 1.60 bits per heavy atom. The van der Waals surface area contributed by atoms with E-state index >= 15 is 0 Å². The molecule has 0 spiro atoms. The van der Waals surface area contributed by atoms with Crippen LogP contribution in [0.3, 0.4) is 0 Å². The third-order valence-corrected chi connectivity index (χ3v) is 2.33. The molecule has 2 rings (SSSR count). The molecule has 1 aromatic heterocycles. The second-order valence-electron chi connectivity index (χ2n) is 3.69. The number of aromatic amines is 1. The van der Waals surface area contributed by atoms with Gasteiger partial charge >= 0.3 is 0 Å². The molecule has 84 valence electrons. The Kier molecular flexibility index (Phi) is 3.71. The van der Waals surface area contributed by atoms with Crippen molar-refractivity contribution in [2.45, 2.75) is 19.6 Å². The van der Waals surface area contributed by atoms with Crippen molar-refractivity contribution in [1.29, 1.82) is 0 Å². The average Bonchev–Trinajstić information content (AvgIpc) is 2.66. The second kappa shape index (κ2) is 5.25. The predicted octanol–water partition coefficient (Wildman–Crippen LogP) is 0.223. The molecule has 0 aliphatic carbocycles. The van der Waals surface area contributed by atoms with Crippen LogP contribution in [0.15, 0.2) is 6.20 Å². The molecule has 2 heterocycles. The van der Waals surface area contributed by atoms with Crippen molar-refractivity contribution in [3.05, 3.63) is 17.7 Å². The van der Waals surface area contributed by atoms with Crippen molar-refractivity contribution in [3.63, 3.8) is 0 Å². The lowest BCUT2D eigenvalue weighted by Crippen LogP contribution is -2.37. The minimum atomic E-state index is 0.183. The first-order valence-electron chi connectivity index (χ1n) is 5.25. The van der Waals surface area contributed by atoms with Crippen LogP contribution in [0, 0.1) is 6.92 Å². The highest BCUT2D eigenvalue weighted by atomic mass is 16.6. The quantitative estimate of drug-likeness (QED) is 0.748. The maximum Gasteiger partial charge on any atom is 0.103 e. The van der Waals surface area contributed by atoms with Gasteiger partial charge in [-0.25, -0.2) is 4.98 Å². The van der Waals surface area contributed by atoms with Crippen molar-refractivity contribution in [2.75, 3.05) is 26.4 Å². The standard InChI is InChI=1S/C10H17N3O2/c1-8-12-5-9(13-8)4-11-6-10-7-14-2-3-15-10/h5,10-11H,2-4,6-7H2,1H3,(H,12,13). The first-order valence-corrected chi connectivity index (χ1v) is 5.25. The lowest BCUT2D eigenvalue weighted by atomic mass is 10.3. The molecule has 0 radical (unpaired) electrons. The Labute approximate surface area is 89.2 Å². The maximum atomic E-state index is 5.51. The summed E-state index contributed by atoms with van der Waals surface area (Å²) in [5.41, 5.74) is 1.10. The number of nitrogens with zero attached hydrogens (tertiary/aromatic N) is 1. The lowest BCUT2D eigenvalue weighted by molar-refractivity contribution is -0.0864. The van der Waals surface area contributed by atoms with Crippen LogP contribution in [0.4, 0.5) is 0 Å². The maximum absolute atomic E-state index is 5.51. The van der Waals surface area contributed by atoms with Gasteiger partial charge in [-0.1, -0.05) is 0 Å². The van der Waals surface area contributed by atoms with Crippen LogP contribution in [0.2, 0.25) is 0 Å². The van der Waals surface area contributed by atoms with Gasteiger partial charge < -0.3 is 19.8 Å². The molecule has 1 aromatic rings. The Hall–Kier alpha value is -0.910.